The predicted molar refractivity (Wildman–Crippen MR) is 71.1 cm³/mol. The number of hydrogen-bond acceptors (Lipinski definition) is 4. The van der Waals surface area contributed by atoms with E-state index in [2.05, 4.69) is 0 Å². The van der Waals surface area contributed by atoms with E-state index in [9.17, 15) is 17.8 Å². The first-order valence-electron chi connectivity index (χ1n) is 6.45. The Morgan fingerprint density at radius 1 is 1.30 bits per heavy atom. The minimum absolute atomic E-state index is 0. The van der Waals surface area contributed by atoms with Gasteiger partial charge >= 0.3 is 0 Å². The van der Waals surface area contributed by atoms with Crippen LogP contribution in [0, 0.1) is 5.92 Å². The van der Waals surface area contributed by atoms with Crippen LogP contribution in [0.25, 0.3) is 0 Å². The fourth-order valence-corrected chi connectivity index (χ4v) is 2.83. The summed E-state index contributed by atoms with van der Waals surface area (Å²) in [5.41, 5.74) is 0. The van der Waals surface area contributed by atoms with Crippen LogP contribution in [0.3, 0.4) is 0 Å². The minimum Gasteiger partial charge on any atom is -0.748 e. The van der Waals surface area contributed by atoms with Gasteiger partial charge < -0.3 is 19.9 Å². The van der Waals surface area contributed by atoms with Crippen molar-refractivity contribution >= 4 is 16.0 Å². The number of rotatable bonds is 5. The molecule has 0 aliphatic carbocycles. The van der Waals surface area contributed by atoms with Crippen LogP contribution in [0.1, 0.15) is 20.3 Å². The van der Waals surface area contributed by atoms with E-state index >= 15 is 0 Å². The molecule has 1 saturated heterocycles. The van der Waals surface area contributed by atoms with Gasteiger partial charge in [0, 0.05) is 32.7 Å². The van der Waals surface area contributed by atoms with Gasteiger partial charge in [-0.2, -0.15) is 13.8 Å². The normalized spacial score (nSPS) is 18.8. The number of carbonyl (C=O) groups is 1. The van der Waals surface area contributed by atoms with Crippen molar-refractivity contribution in [2.45, 2.75) is 20.3 Å². The minimum atomic E-state index is -4.16. The first-order valence-corrected chi connectivity index (χ1v) is 8.03. The molecular weight excluding hydrogens is 357 g/mol. The first kappa shape index (κ1) is 20.4. The molecule has 0 aromatic heterocycles. The molecule has 0 atom stereocenters. The molecule has 0 spiro atoms. The van der Waals surface area contributed by atoms with Gasteiger partial charge in [0.1, 0.15) is 10.1 Å². The van der Waals surface area contributed by atoms with Crippen molar-refractivity contribution in [1.29, 1.82) is 0 Å². The number of amides is 1. The molecule has 0 aromatic rings. The van der Waals surface area contributed by atoms with E-state index in [0.29, 0.717) is 43.6 Å². The summed E-state index contributed by atoms with van der Waals surface area (Å²) in [6.45, 7) is 6.84. The largest absolute Gasteiger partial charge is 0.748 e. The molecule has 0 aromatic carbocycles. The van der Waals surface area contributed by atoms with Crippen LogP contribution >= 0.6 is 0 Å². The van der Waals surface area contributed by atoms with Crippen LogP contribution in [0.2, 0.25) is 0 Å². The van der Waals surface area contributed by atoms with Crippen molar-refractivity contribution in [3.05, 3.63) is 5.92 Å². The van der Waals surface area contributed by atoms with Crippen molar-refractivity contribution in [3.63, 3.8) is 0 Å². The van der Waals surface area contributed by atoms with E-state index in [4.69, 9.17) is 0 Å². The molecule has 6 nitrogen and oxygen atoms in total. The quantitative estimate of drug-likeness (QED) is 0.377. The maximum absolute atomic E-state index is 11.9. The first-order chi connectivity index (χ1) is 8.61. The van der Waals surface area contributed by atoms with Gasteiger partial charge in [0.25, 0.3) is 0 Å². The Morgan fingerprint density at radius 3 is 2.20 bits per heavy atom. The van der Waals surface area contributed by atoms with Gasteiger partial charge in [-0.25, -0.2) is 8.42 Å². The average Bonchev–Trinajstić information content (AvgIpc) is 2.26. The Morgan fingerprint density at radius 2 is 1.80 bits per heavy atom. The van der Waals surface area contributed by atoms with Gasteiger partial charge in [-0.3, -0.25) is 4.79 Å². The summed E-state index contributed by atoms with van der Waals surface area (Å²) < 4.78 is 32.6. The Labute approximate surface area is 147 Å². The zero-order chi connectivity index (χ0) is 14.7. The number of nitrogens with zero attached hydrogens (tertiary/aromatic N) is 2. The van der Waals surface area contributed by atoms with E-state index in [0.717, 1.165) is 5.92 Å². The van der Waals surface area contributed by atoms with Crippen molar-refractivity contribution in [2.24, 2.45) is 0 Å². The Bertz CT molecular complexity index is 417. The number of carbonyl (C=O) groups excluding carboxylic acids is 1. The van der Waals surface area contributed by atoms with Gasteiger partial charge in [0.05, 0.1) is 45.5 Å². The van der Waals surface area contributed by atoms with Crippen molar-refractivity contribution in [1.82, 2.24) is 4.90 Å². The van der Waals surface area contributed by atoms with Crippen LogP contribution in [0.5, 0.6) is 0 Å². The summed E-state index contributed by atoms with van der Waals surface area (Å²) in [5, 5.41) is 0. The van der Waals surface area contributed by atoms with Gasteiger partial charge in [-0.05, 0) is 0 Å². The third kappa shape index (κ3) is 7.45. The molecule has 115 valence electrons. The third-order valence-corrected chi connectivity index (χ3v) is 4.24. The summed E-state index contributed by atoms with van der Waals surface area (Å²) >= 11 is 0. The van der Waals surface area contributed by atoms with Crippen LogP contribution in [0.4, 0.5) is 0 Å². The molecule has 1 radical (unpaired) electrons. The van der Waals surface area contributed by atoms with Crippen LogP contribution in [-0.2, 0) is 47.6 Å². The maximum atomic E-state index is 11.9. The zero-order valence-electron chi connectivity index (χ0n) is 12.5. The second kappa shape index (κ2) is 8.18. The Hall–Kier alpha value is 0.444. The molecule has 1 rings (SSSR count). The Balaban J connectivity index is 0.00000361. The molecule has 1 aliphatic heterocycles. The molecular formula is C12H23N2O4SY-. The van der Waals surface area contributed by atoms with E-state index in [-0.39, 0.29) is 44.4 Å². The zero-order valence-corrected chi connectivity index (χ0v) is 16.1. The van der Waals surface area contributed by atoms with Gasteiger partial charge in [-0.1, -0.05) is 6.42 Å². The van der Waals surface area contributed by atoms with Crippen LogP contribution in [-0.4, -0.2) is 73.8 Å². The summed E-state index contributed by atoms with van der Waals surface area (Å²) in [6.07, 6.45) is 0.471. The predicted octanol–water partition coefficient (Wildman–Crippen LogP) is -0.178. The standard InChI is InChI=1S/C12H24N2O4S.Y/c1-11(2)10-12(15)13-4-6-14(3,7-5-13)8-9-19(16,17)18;/h4-10H2,1-3H3,(H,16,17,18);/p-1. The third-order valence-electron chi connectivity index (χ3n) is 3.56. The molecule has 1 fully saturated rings. The molecule has 0 unspecified atom stereocenters. The second-order valence-electron chi connectivity index (χ2n) is 5.82. The van der Waals surface area contributed by atoms with E-state index in [1.54, 1.807) is 0 Å². The van der Waals surface area contributed by atoms with Gasteiger partial charge in [-0.15, -0.1) is 0 Å². The van der Waals surface area contributed by atoms with Crippen molar-refractivity contribution in [2.75, 3.05) is 45.5 Å². The second-order valence-corrected chi connectivity index (χ2v) is 7.34. The van der Waals surface area contributed by atoms with E-state index in [1.165, 1.54) is 0 Å². The molecule has 20 heavy (non-hydrogen) atoms. The fraction of sp³-hybridized carbons (Fsp3) is 0.833. The smallest absolute Gasteiger partial charge is 0.193 e. The van der Waals surface area contributed by atoms with Gasteiger partial charge in [0.2, 0.25) is 0 Å². The average molecular weight is 380 g/mol. The summed E-state index contributed by atoms with van der Waals surface area (Å²) in [4.78, 5) is 13.7. The molecule has 8 heteroatoms. The molecule has 1 heterocycles. The molecule has 0 N–H and O–H groups in total. The van der Waals surface area contributed by atoms with Crippen LogP contribution in [0.15, 0.2) is 0 Å². The topological polar surface area (TPSA) is 77.5 Å². The number of likely N-dealkylation sites (N-methyl/N-ethyl adjacent to an activating group) is 1. The van der Waals surface area contributed by atoms with Gasteiger partial charge in [0.15, 0.2) is 5.91 Å². The SMILES string of the molecule is C[C-](C)CC(=O)N1CC[N+](C)(CCS(=O)(=O)[O-])CC1.[Y]. The monoisotopic (exact) mass is 380 g/mol. The maximum Gasteiger partial charge on any atom is 0.193 e. The summed E-state index contributed by atoms with van der Waals surface area (Å²) in [5.74, 6) is 0.882. The Kier molecular flexibility index (Phi) is 8.36. The number of quaternary nitrogens is 1. The molecule has 1 aliphatic rings. The van der Waals surface area contributed by atoms with E-state index in [1.807, 2.05) is 25.8 Å². The molecule has 1 amide bonds. The number of hydrogen-bond donors (Lipinski definition) is 0. The van der Waals surface area contributed by atoms with E-state index < -0.39 is 10.1 Å². The molecule has 0 bridgehead atoms. The summed E-state index contributed by atoms with van der Waals surface area (Å²) in [7, 11) is -2.22. The fourth-order valence-electron chi connectivity index (χ4n) is 2.17. The summed E-state index contributed by atoms with van der Waals surface area (Å²) in [6, 6.07) is 0. The van der Waals surface area contributed by atoms with Crippen molar-refractivity contribution in [3.8, 4) is 0 Å². The molecule has 0 saturated carbocycles. The van der Waals surface area contributed by atoms with Crippen LogP contribution < -0.4 is 0 Å². The number of piperazine rings is 1. The van der Waals surface area contributed by atoms with Crippen molar-refractivity contribution < 1.29 is 55.0 Å².